The van der Waals surface area contributed by atoms with E-state index in [2.05, 4.69) is 15.5 Å². The molecular formula is C11H17N5O2S. The number of aromatic nitrogens is 3. The van der Waals surface area contributed by atoms with E-state index in [0.29, 0.717) is 11.1 Å². The fraction of sp³-hybridized carbons (Fsp3) is 0.636. The Morgan fingerprint density at radius 3 is 2.74 bits per heavy atom. The van der Waals surface area contributed by atoms with Crippen molar-refractivity contribution < 1.29 is 9.59 Å². The van der Waals surface area contributed by atoms with Crippen molar-refractivity contribution in [3.8, 4) is 0 Å². The summed E-state index contributed by atoms with van der Waals surface area (Å²) in [6.45, 7) is 4.49. The van der Waals surface area contributed by atoms with Crippen molar-refractivity contribution in [3.63, 3.8) is 0 Å². The molecule has 0 saturated heterocycles. The summed E-state index contributed by atoms with van der Waals surface area (Å²) in [5.41, 5.74) is 4.92. The lowest BCUT2D eigenvalue weighted by Crippen LogP contribution is -2.39. The van der Waals surface area contributed by atoms with Crippen molar-refractivity contribution in [3.05, 3.63) is 5.82 Å². The highest BCUT2D eigenvalue weighted by Gasteiger charge is 2.30. The van der Waals surface area contributed by atoms with Gasteiger partial charge >= 0.3 is 6.03 Å². The second kappa shape index (κ2) is 5.60. The Labute approximate surface area is 115 Å². The second-order valence-corrected chi connectivity index (χ2v) is 5.78. The number of imide groups is 1. The molecule has 7 nitrogen and oxygen atoms in total. The number of thioether (sulfide) groups is 1. The summed E-state index contributed by atoms with van der Waals surface area (Å²) in [6, 6.07) is -0.840. The zero-order valence-electron chi connectivity index (χ0n) is 10.9. The van der Waals surface area contributed by atoms with E-state index in [4.69, 9.17) is 5.73 Å². The van der Waals surface area contributed by atoms with Crippen molar-refractivity contribution in [1.82, 2.24) is 20.1 Å². The van der Waals surface area contributed by atoms with Crippen LogP contribution < -0.4 is 11.1 Å². The first-order valence-corrected chi connectivity index (χ1v) is 7.11. The molecular weight excluding hydrogens is 266 g/mol. The molecule has 1 atom stereocenters. The zero-order chi connectivity index (χ0) is 14.0. The maximum atomic E-state index is 11.6. The third kappa shape index (κ3) is 3.25. The number of primary amides is 1. The van der Waals surface area contributed by atoms with Crippen LogP contribution in [0.4, 0.5) is 4.79 Å². The molecule has 3 N–H and O–H groups in total. The molecule has 19 heavy (non-hydrogen) atoms. The largest absolute Gasteiger partial charge is 0.351 e. The van der Waals surface area contributed by atoms with Crippen LogP contribution in [-0.4, -0.2) is 32.0 Å². The first kappa shape index (κ1) is 13.9. The molecule has 104 valence electrons. The Kier molecular flexibility index (Phi) is 4.08. The molecule has 0 spiro atoms. The smallest absolute Gasteiger partial charge is 0.318 e. The summed E-state index contributed by atoms with van der Waals surface area (Å²) >= 11 is 1.28. The minimum Gasteiger partial charge on any atom is -0.351 e. The average Bonchev–Trinajstić information content (AvgIpc) is 3.10. The number of urea groups is 1. The van der Waals surface area contributed by atoms with E-state index in [-0.39, 0.29) is 0 Å². The van der Waals surface area contributed by atoms with Crippen molar-refractivity contribution in [1.29, 1.82) is 0 Å². The van der Waals surface area contributed by atoms with Gasteiger partial charge in [0.05, 0.1) is 5.25 Å². The number of nitrogens with zero attached hydrogens (tertiary/aromatic N) is 3. The fourth-order valence-electron chi connectivity index (χ4n) is 1.76. The quantitative estimate of drug-likeness (QED) is 0.780. The lowest BCUT2D eigenvalue weighted by atomic mass is 10.4. The molecule has 1 aromatic rings. The molecule has 3 amide bonds. The van der Waals surface area contributed by atoms with Gasteiger partial charge in [-0.2, -0.15) is 0 Å². The van der Waals surface area contributed by atoms with Crippen molar-refractivity contribution in [2.24, 2.45) is 5.73 Å². The van der Waals surface area contributed by atoms with Crippen LogP contribution in [0, 0.1) is 0 Å². The van der Waals surface area contributed by atoms with Gasteiger partial charge in [0.25, 0.3) is 0 Å². The van der Waals surface area contributed by atoms with Gasteiger partial charge in [0.1, 0.15) is 5.82 Å². The van der Waals surface area contributed by atoms with E-state index < -0.39 is 17.2 Å². The van der Waals surface area contributed by atoms with E-state index in [1.807, 2.05) is 11.5 Å². The van der Waals surface area contributed by atoms with E-state index >= 15 is 0 Å². The van der Waals surface area contributed by atoms with Crippen LogP contribution in [0.2, 0.25) is 0 Å². The topological polar surface area (TPSA) is 103 Å². The van der Waals surface area contributed by atoms with Crippen LogP contribution in [0.1, 0.15) is 38.4 Å². The first-order chi connectivity index (χ1) is 9.02. The molecule has 8 heteroatoms. The Balaban J connectivity index is 2.06. The molecule has 2 rings (SSSR count). The predicted molar refractivity (Wildman–Crippen MR) is 70.7 cm³/mol. The number of nitrogens with two attached hydrogens (primary N) is 1. The Bertz CT molecular complexity index is 497. The molecule has 0 unspecified atom stereocenters. The number of rotatable bonds is 5. The third-order valence-corrected chi connectivity index (χ3v) is 3.98. The van der Waals surface area contributed by atoms with Crippen molar-refractivity contribution in [2.45, 2.75) is 49.6 Å². The van der Waals surface area contributed by atoms with Crippen LogP contribution in [0.25, 0.3) is 0 Å². The minimum atomic E-state index is -0.840. The monoisotopic (exact) mass is 283 g/mol. The van der Waals surface area contributed by atoms with Gasteiger partial charge in [-0.1, -0.05) is 11.8 Å². The summed E-state index contributed by atoms with van der Waals surface area (Å²) < 4.78 is 2.02. The van der Waals surface area contributed by atoms with Crippen LogP contribution in [-0.2, 0) is 11.3 Å². The van der Waals surface area contributed by atoms with E-state index in [9.17, 15) is 9.59 Å². The highest BCUT2D eigenvalue weighted by atomic mass is 32.2. The van der Waals surface area contributed by atoms with Gasteiger partial charge < -0.3 is 10.3 Å². The average molecular weight is 283 g/mol. The standard InChI is InChI=1S/C11H17N5O2S/c1-3-16-8(7-4-5-7)14-15-11(16)19-6(2)9(17)13-10(12)18/h6-7H,3-5H2,1-2H3,(H3,12,13,17,18)/t6-/m0/s1. The van der Waals surface area contributed by atoms with Crippen LogP contribution in [0.3, 0.4) is 0 Å². The van der Waals surface area contributed by atoms with Crippen molar-refractivity contribution in [2.75, 3.05) is 0 Å². The number of carbonyl (C=O) groups excluding carboxylic acids is 2. The van der Waals surface area contributed by atoms with Gasteiger partial charge in [-0.05, 0) is 26.7 Å². The maximum absolute atomic E-state index is 11.6. The lowest BCUT2D eigenvalue weighted by molar-refractivity contribution is -0.119. The minimum absolute atomic E-state index is 0.420. The summed E-state index contributed by atoms with van der Waals surface area (Å²) in [5, 5.41) is 10.6. The van der Waals surface area contributed by atoms with E-state index in [0.717, 1.165) is 25.2 Å². The lowest BCUT2D eigenvalue weighted by Gasteiger charge is -2.11. The molecule has 0 aliphatic heterocycles. The van der Waals surface area contributed by atoms with Gasteiger partial charge in [-0.25, -0.2) is 4.79 Å². The van der Waals surface area contributed by atoms with Gasteiger partial charge in [0.15, 0.2) is 5.16 Å². The van der Waals surface area contributed by atoms with Gasteiger partial charge in [-0.3, -0.25) is 10.1 Å². The summed E-state index contributed by atoms with van der Waals surface area (Å²) in [6.07, 6.45) is 2.31. The molecule has 1 aliphatic rings. The predicted octanol–water partition coefficient (Wildman–Crippen LogP) is 0.851. The zero-order valence-corrected chi connectivity index (χ0v) is 11.7. The van der Waals surface area contributed by atoms with E-state index in [1.54, 1.807) is 6.92 Å². The van der Waals surface area contributed by atoms with Gasteiger partial charge in [-0.15, -0.1) is 10.2 Å². The van der Waals surface area contributed by atoms with Gasteiger partial charge in [0, 0.05) is 12.5 Å². The summed E-state index contributed by atoms with van der Waals surface area (Å²) in [7, 11) is 0. The molecule has 1 fully saturated rings. The first-order valence-electron chi connectivity index (χ1n) is 6.23. The number of amides is 3. The van der Waals surface area contributed by atoms with Crippen LogP contribution >= 0.6 is 11.8 Å². The molecule has 1 aromatic heterocycles. The highest BCUT2D eigenvalue weighted by Crippen LogP contribution is 2.40. The van der Waals surface area contributed by atoms with Gasteiger partial charge in [0.2, 0.25) is 5.91 Å². The van der Waals surface area contributed by atoms with Crippen LogP contribution in [0.15, 0.2) is 5.16 Å². The highest BCUT2D eigenvalue weighted by molar-refractivity contribution is 8.00. The fourth-order valence-corrected chi connectivity index (χ4v) is 2.68. The SMILES string of the molecule is CCn1c(S[C@@H](C)C(=O)NC(N)=O)nnc1C1CC1. The third-order valence-electron chi connectivity index (χ3n) is 2.90. The number of hydrogen-bond acceptors (Lipinski definition) is 5. The van der Waals surface area contributed by atoms with Crippen molar-refractivity contribution >= 4 is 23.7 Å². The maximum Gasteiger partial charge on any atom is 0.318 e. The molecule has 1 heterocycles. The second-order valence-electron chi connectivity index (χ2n) is 4.47. The molecule has 1 aliphatic carbocycles. The molecule has 0 radical (unpaired) electrons. The molecule has 0 bridgehead atoms. The Morgan fingerprint density at radius 2 is 2.21 bits per heavy atom. The molecule has 1 saturated carbocycles. The van der Waals surface area contributed by atoms with E-state index in [1.165, 1.54) is 11.8 Å². The molecule has 0 aromatic carbocycles. The summed E-state index contributed by atoms with van der Waals surface area (Å²) in [5.74, 6) is 1.08. The number of nitrogens with one attached hydrogen (secondary N) is 1. The number of hydrogen-bond donors (Lipinski definition) is 2. The van der Waals surface area contributed by atoms with Crippen LogP contribution in [0.5, 0.6) is 0 Å². The normalized spacial score (nSPS) is 16.1. The summed E-state index contributed by atoms with van der Waals surface area (Å²) in [4.78, 5) is 22.3. The Morgan fingerprint density at radius 1 is 1.53 bits per heavy atom. The Hall–Kier alpha value is -1.57. The number of carbonyl (C=O) groups is 2.